The van der Waals surface area contributed by atoms with Gasteiger partial charge in [0.2, 0.25) is 5.88 Å². The molecule has 0 unspecified atom stereocenters. The molecule has 9 nitrogen and oxygen atoms in total. The monoisotopic (exact) mass is 368 g/mol. The molecule has 4 rings (SSSR count). The summed E-state index contributed by atoms with van der Waals surface area (Å²) < 4.78 is 14.0. The van der Waals surface area contributed by atoms with E-state index in [-0.39, 0.29) is 5.91 Å². The fraction of sp³-hybridized carbons (Fsp3) is 0.333. The van der Waals surface area contributed by atoms with E-state index >= 15 is 0 Å². The first kappa shape index (κ1) is 17.2. The van der Waals surface area contributed by atoms with E-state index in [9.17, 15) is 4.79 Å². The topological polar surface area (TPSA) is 87.3 Å². The zero-order chi connectivity index (χ0) is 18.8. The maximum Gasteiger partial charge on any atom is 0.274 e. The third-order valence-corrected chi connectivity index (χ3v) is 4.37. The van der Waals surface area contributed by atoms with Gasteiger partial charge in [-0.3, -0.25) is 4.79 Å². The number of pyridine rings is 1. The number of nitrogens with zero attached hydrogens (tertiary/aromatic N) is 6. The Bertz CT molecular complexity index is 940. The summed E-state index contributed by atoms with van der Waals surface area (Å²) in [5.41, 5.74) is 2.53. The van der Waals surface area contributed by atoms with Gasteiger partial charge in [-0.15, -0.1) is 0 Å². The number of morpholine rings is 1. The average molecular weight is 368 g/mol. The van der Waals surface area contributed by atoms with Crippen molar-refractivity contribution in [2.24, 2.45) is 7.05 Å². The maximum absolute atomic E-state index is 12.9. The summed E-state index contributed by atoms with van der Waals surface area (Å²) in [6, 6.07) is 5.36. The Morgan fingerprint density at radius 2 is 2.04 bits per heavy atom. The van der Waals surface area contributed by atoms with E-state index in [1.165, 1.54) is 0 Å². The smallest absolute Gasteiger partial charge is 0.274 e. The predicted molar refractivity (Wildman–Crippen MR) is 96.8 cm³/mol. The highest BCUT2D eigenvalue weighted by atomic mass is 16.5. The van der Waals surface area contributed by atoms with E-state index < -0.39 is 0 Å². The standard InChI is InChI=1S/C18H20N6O3/c1-22-11-15(20-12-22)16-9-14(18(25)23-5-7-27-8-6-23)21-24(16)13-3-4-17(26-2)19-10-13/h3-4,9-12H,5-8H2,1-2H3. The van der Waals surface area contributed by atoms with Crippen LogP contribution in [0.2, 0.25) is 0 Å². The molecule has 0 aliphatic carbocycles. The van der Waals surface area contributed by atoms with Crippen molar-refractivity contribution in [1.82, 2.24) is 29.2 Å². The molecule has 1 aliphatic rings. The SMILES string of the molecule is COc1ccc(-n2nc(C(=O)N3CCOCC3)cc2-c2cn(C)cn2)cn1. The molecular formula is C18H20N6O3. The van der Waals surface area contributed by atoms with Gasteiger partial charge < -0.3 is 18.9 Å². The lowest BCUT2D eigenvalue weighted by molar-refractivity contribution is 0.0298. The number of hydrogen-bond donors (Lipinski definition) is 0. The van der Waals surface area contributed by atoms with Crippen molar-refractivity contribution >= 4 is 5.91 Å². The van der Waals surface area contributed by atoms with Crippen molar-refractivity contribution in [3.63, 3.8) is 0 Å². The van der Waals surface area contributed by atoms with Gasteiger partial charge in [-0.1, -0.05) is 0 Å². The molecule has 1 saturated heterocycles. The highest BCUT2D eigenvalue weighted by Crippen LogP contribution is 2.24. The average Bonchev–Trinajstić information content (AvgIpc) is 3.34. The molecule has 3 aromatic heterocycles. The first-order valence-corrected chi connectivity index (χ1v) is 8.61. The van der Waals surface area contributed by atoms with Gasteiger partial charge >= 0.3 is 0 Å². The van der Waals surface area contributed by atoms with E-state index in [0.717, 1.165) is 17.1 Å². The van der Waals surface area contributed by atoms with Gasteiger partial charge in [0.15, 0.2) is 5.69 Å². The van der Waals surface area contributed by atoms with Crippen LogP contribution in [0.5, 0.6) is 5.88 Å². The summed E-state index contributed by atoms with van der Waals surface area (Å²) in [6.07, 6.45) is 5.25. The molecule has 1 fully saturated rings. The minimum absolute atomic E-state index is 0.115. The van der Waals surface area contributed by atoms with E-state index in [2.05, 4.69) is 15.1 Å². The van der Waals surface area contributed by atoms with Crippen molar-refractivity contribution in [1.29, 1.82) is 0 Å². The summed E-state index contributed by atoms with van der Waals surface area (Å²) in [4.78, 5) is 23.3. The second-order valence-corrected chi connectivity index (χ2v) is 6.21. The number of ether oxygens (including phenoxy) is 2. The number of imidazole rings is 1. The van der Waals surface area contributed by atoms with E-state index in [1.54, 1.807) is 41.3 Å². The zero-order valence-corrected chi connectivity index (χ0v) is 15.2. The van der Waals surface area contributed by atoms with Gasteiger partial charge in [0.1, 0.15) is 5.69 Å². The number of aryl methyl sites for hydroxylation is 1. The Hall–Kier alpha value is -3.20. The molecule has 4 heterocycles. The lowest BCUT2D eigenvalue weighted by Crippen LogP contribution is -2.40. The van der Waals surface area contributed by atoms with Crippen LogP contribution in [0.1, 0.15) is 10.5 Å². The van der Waals surface area contributed by atoms with Crippen LogP contribution in [0.25, 0.3) is 17.1 Å². The summed E-state index contributed by atoms with van der Waals surface area (Å²) in [6.45, 7) is 2.22. The summed E-state index contributed by atoms with van der Waals surface area (Å²) in [5, 5.41) is 4.55. The molecule has 9 heteroatoms. The summed E-state index contributed by atoms with van der Waals surface area (Å²) in [7, 11) is 3.46. The molecule has 1 aliphatic heterocycles. The van der Waals surface area contributed by atoms with Crippen LogP contribution >= 0.6 is 0 Å². The van der Waals surface area contributed by atoms with Crippen LogP contribution in [-0.4, -0.2) is 68.5 Å². The predicted octanol–water partition coefficient (Wildman–Crippen LogP) is 1.15. The molecule has 1 amide bonds. The Morgan fingerprint density at radius 3 is 2.67 bits per heavy atom. The molecular weight excluding hydrogens is 348 g/mol. The second-order valence-electron chi connectivity index (χ2n) is 6.21. The lowest BCUT2D eigenvalue weighted by atomic mass is 10.2. The number of aromatic nitrogens is 5. The Kier molecular flexibility index (Phi) is 4.59. The molecule has 0 bridgehead atoms. The fourth-order valence-electron chi connectivity index (χ4n) is 2.96. The van der Waals surface area contributed by atoms with Crippen LogP contribution < -0.4 is 4.74 Å². The minimum atomic E-state index is -0.115. The molecule has 27 heavy (non-hydrogen) atoms. The van der Waals surface area contributed by atoms with E-state index in [4.69, 9.17) is 9.47 Å². The number of methoxy groups -OCH3 is 1. The van der Waals surface area contributed by atoms with Crippen LogP contribution in [0.15, 0.2) is 36.9 Å². The Balaban J connectivity index is 1.75. The maximum atomic E-state index is 12.9. The van der Waals surface area contributed by atoms with Crippen molar-refractivity contribution in [3.05, 3.63) is 42.6 Å². The quantitative estimate of drug-likeness (QED) is 0.687. The van der Waals surface area contributed by atoms with Gasteiger partial charge in [-0.25, -0.2) is 14.6 Å². The van der Waals surface area contributed by atoms with Gasteiger partial charge in [0.25, 0.3) is 5.91 Å². The van der Waals surface area contributed by atoms with Gasteiger partial charge in [-0.05, 0) is 12.1 Å². The third-order valence-electron chi connectivity index (χ3n) is 4.37. The highest BCUT2D eigenvalue weighted by Gasteiger charge is 2.24. The number of rotatable bonds is 4. The number of hydrogen-bond acceptors (Lipinski definition) is 6. The number of carbonyl (C=O) groups is 1. The fourth-order valence-corrected chi connectivity index (χ4v) is 2.96. The molecule has 0 atom stereocenters. The van der Waals surface area contributed by atoms with E-state index in [1.807, 2.05) is 23.9 Å². The van der Waals surface area contributed by atoms with Crippen molar-refractivity contribution in [2.45, 2.75) is 0 Å². The molecule has 0 aromatic carbocycles. The van der Waals surface area contributed by atoms with Crippen LogP contribution in [0.4, 0.5) is 0 Å². The van der Waals surface area contributed by atoms with Crippen molar-refractivity contribution in [2.75, 3.05) is 33.4 Å². The number of amides is 1. The lowest BCUT2D eigenvalue weighted by Gasteiger charge is -2.25. The highest BCUT2D eigenvalue weighted by molar-refractivity contribution is 5.93. The molecule has 140 valence electrons. The molecule has 0 spiro atoms. The normalized spacial score (nSPS) is 14.4. The van der Waals surface area contributed by atoms with Crippen molar-refractivity contribution in [3.8, 4) is 23.0 Å². The molecule has 0 N–H and O–H groups in total. The second kappa shape index (κ2) is 7.20. The van der Waals surface area contributed by atoms with Crippen molar-refractivity contribution < 1.29 is 14.3 Å². The summed E-state index contributed by atoms with van der Waals surface area (Å²) in [5.74, 6) is 0.394. The van der Waals surface area contributed by atoms with Gasteiger partial charge in [0, 0.05) is 32.4 Å². The van der Waals surface area contributed by atoms with Gasteiger partial charge in [-0.2, -0.15) is 5.10 Å². The van der Waals surface area contributed by atoms with Crippen LogP contribution in [0, 0.1) is 0 Å². The van der Waals surface area contributed by atoms with Gasteiger partial charge in [0.05, 0.1) is 44.2 Å². The zero-order valence-electron chi connectivity index (χ0n) is 15.2. The first-order chi connectivity index (χ1) is 13.2. The molecule has 0 radical (unpaired) electrons. The Labute approximate surface area is 156 Å². The largest absolute Gasteiger partial charge is 0.481 e. The Morgan fingerprint density at radius 1 is 1.22 bits per heavy atom. The first-order valence-electron chi connectivity index (χ1n) is 8.61. The third kappa shape index (κ3) is 3.41. The van der Waals surface area contributed by atoms with Crippen LogP contribution in [-0.2, 0) is 11.8 Å². The van der Waals surface area contributed by atoms with Crippen LogP contribution in [0.3, 0.4) is 0 Å². The van der Waals surface area contributed by atoms with E-state index in [0.29, 0.717) is 37.9 Å². The molecule has 0 saturated carbocycles. The minimum Gasteiger partial charge on any atom is -0.481 e. The summed E-state index contributed by atoms with van der Waals surface area (Å²) >= 11 is 0. The molecule has 3 aromatic rings. The number of carbonyl (C=O) groups excluding carboxylic acids is 1.